The number of ether oxygens (including phenoxy) is 4. The summed E-state index contributed by atoms with van der Waals surface area (Å²) in [5.74, 6) is -6.83. The van der Waals surface area contributed by atoms with Crippen LogP contribution in [0.4, 0.5) is 4.79 Å². The number of fused-ring (bicyclic) bond motifs is 1. The maximum atomic E-state index is 14.9. The van der Waals surface area contributed by atoms with Crippen LogP contribution in [0.3, 0.4) is 0 Å². The fraction of sp³-hybridized carbons (Fsp3) is 0.295. The molecule has 2 aliphatic heterocycles. The topological polar surface area (TPSA) is 195 Å². The Bertz CT molecular complexity index is 2360. The SMILES string of the molecule is CC(=O)N(C(=O)[C@H](CC(C)C)NC(=O)OCc1ccccc1)[C@@H]1O[C@H](COC(=O)c2ccccc2)[C@@H](O)[C@H](OC(=O)c2ccccc2)[C@H]1N1C(=O)c2c(Cl)c(Cl)c(Cl)c(Cl)c2C1=O. The van der Waals surface area contributed by atoms with E-state index in [2.05, 4.69) is 5.32 Å². The molecule has 2 heterocycles. The maximum Gasteiger partial charge on any atom is 0.408 e. The first-order chi connectivity index (χ1) is 30.0. The van der Waals surface area contributed by atoms with Crippen LogP contribution >= 0.6 is 46.4 Å². The van der Waals surface area contributed by atoms with Crippen molar-refractivity contribution in [2.24, 2.45) is 5.92 Å². The monoisotopic (exact) mass is 941 g/mol. The van der Waals surface area contributed by atoms with Gasteiger partial charge in [-0.05, 0) is 42.2 Å². The number of amides is 5. The number of aliphatic hydroxyl groups excluding tert-OH is 1. The van der Waals surface area contributed by atoms with Crippen LogP contribution in [-0.4, -0.2) is 99.8 Å². The molecule has 4 aromatic carbocycles. The van der Waals surface area contributed by atoms with Gasteiger partial charge in [-0.25, -0.2) is 14.4 Å². The molecule has 63 heavy (non-hydrogen) atoms. The van der Waals surface area contributed by atoms with E-state index in [1.54, 1.807) is 68.4 Å². The third kappa shape index (κ3) is 10.1. The van der Waals surface area contributed by atoms with Crippen LogP contribution in [0.15, 0.2) is 91.0 Å². The lowest BCUT2D eigenvalue weighted by Crippen LogP contribution is -2.72. The number of carbonyl (C=O) groups excluding carboxylic acids is 7. The molecule has 2 N–H and O–H groups in total. The molecule has 1 fully saturated rings. The molecular formula is C44H39Cl4N3O12. The number of aliphatic hydroxyl groups is 1. The summed E-state index contributed by atoms with van der Waals surface area (Å²) in [5.41, 5.74) is -0.338. The zero-order chi connectivity index (χ0) is 45.7. The van der Waals surface area contributed by atoms with Gasteiger partial charge in [0.2, 0.25) is 5.91 Å². The summed E-state index contributed by atoms with van der Waals surface area (Å²) in [6.45, 7) is 3.50. The van der Waals surface area contributed by atoms with Crippen LogP contribution in [0.25, 0.3) is 0 Å². The van der Waals surface area contributed by atoms with Crippen molar-refractivity contribution in [2.45, 2.75) is 70.4 Å². The lowest BCUT2D eigenvalue weighted by molar-refractivity contribution is -0.238. The van der Waals surface area contributed by atoms with Crippen molar-refractivity contribution < 1.29 is 57.6 Å². The van der Waals surface area contributed by atoms with Crippen molar-refractivity contribution in [2.75, 3.05) is 6.61 Å². The molecule has 2 aliphatic rings. The molecule has 5 amide bonds. The number of hydrogen-bond acceptors (Lipinski definition) is 12. The van der Waals surface area contributed by atoms with E-state index < -0.39 is 106 Å². The highest BCUT2D eigenvalue weighted by molar-refractivity contribution is 6.55. The highest BCUT2D eigenvalue weighted by Gasteiger charge is 2.59. The summed E-state index contributed by atoms with van der Waals surface area (Å²) < 4.78 is 23.1. The lowest BCUT2D eigenvalue weighted by Gasteiger charge is -2.49. The van der Waals surface area contributed by atoms with Crippen molar-refractivity contribution in [3.8, 4) is 0 Å². The van der Waals surface area contributed by atoms with E-state index in [4.69, 9.17) is 65.4 Å². The van der Waals surface area contributed by atoms with Crippen LogP contribution in [0.2, 0.25) is 20.1 Å². The number of benzene rings is 4. The van der Waals surface area contributed by atoms with E-state index in [1.165, 1.54) is 36.4 Å². The second-order valence-corrected chi connectivity index (χ2v) is 16.4. The zero-order valence-electron chi connectivity index (χ0n) is 33.7. The number of halogens is 4. The van der Waals surface area contributed by atoms with Crippen LogP contribution in [0.1, 0.15) is 74.2 Å². The number of rotatable bonds is 13. The van der Waals surface area contributed by atoms with Crippen LogP contribution in [0.5, 0.6) is 0 Å². The van der Waals surface area contributed by atoms with Crippen molar-refractivity contribution in [3.05, 3.63) is 139 Å². The summed E-state index contributed by atoms with van der Waals surface area (Å²) in [7, 11) is 0. The fourth-order valence-corrected chi connectivity index (χ4v) is 8.14. The lowest BCUT2D eigenvalue weighted by atomic mass is 9.92. The first kappa shape index (κ1) is 46.9. The van der Waals surface area contributed by atoms with Crippen LogP contribution in [-0.2, 0) is 35.1 Å². The molecule has 0 radical (unpaired) electrons. The van der Waals surface area contributed by atoms with E-state index in [0.717, 1.165) is 6.92 Å². The van der Waals surface area contributed by atoms with E-state index in [0.29, 0.717) is 15.4 Å². The first-order valence-electron chi connectivity index (χ1n) is 19.4. The van der Waals surface area contributed by atoms with Gasteiger partial charge in [-0.3, -0.25) is 29.0 Å². The molecule has 0 unspecified atom stereocenters. The number of alkyl carbamates (subject to hydrolysis) is 1. The minimum Gasteiger partial charge on any atom is -0.459 e. The number of imide groups is 2. The van der Waals surface area contributed by atoms with Gasteiger partial charge in [0.15, 0.2) is 12.3 Å². The quantitative estimate of drug-likeness (QED) is 0.0453. The summed E-state index contributed by atoms with van der Waals surface area (Å²) in [6, 6.07) is 20.3. The Morgan fingerprint density at radius 1 is 0.762 bits per heavy atom. The van der Waals surface area contributed by atoms with Gasteiger partial charge < -0.3 is 29.4 Å². The highest BCUT2D eigenvalue weighted by atomic mass is 35.5. The Balaban J connectivity index is 1.47. The predicted octanol–water partition coefficient (Wildman–Crippen LogP) is 7.15. The molecule has 19 heteroatoms. The van der Waals surface area contributed by atoms with E-state index in [9.17, 15) is 38.7 Å². The fourth-order valence-electron chi connectivity index (χ4n) is 7.13. The van der Waals surface area contributed by atoms with Crippen LogP contribution in [0, 0.1) is 5.92 Å². The molecular weight excluding hydrogens is 904 g/mol. The molecule has 0 spiro atoms. The smallest absolute Gasteiger partial charge is 0.408 e. The second-order valence-electron chi connectivity index (χ2n) is 14.8. The number of nitrogens with zero attached hydrogens (tertiary/aromatic N) is 2. The van der Waals surface area contributed by atoms with Gasteiger partial charge in [-0.2, -0.15) is 0 Å². The Morgan fingerprint density at radius 2 is 1.27 bits per heavy atom. The minimum absolute atomic E-state index is 0.0414. The van der Waals surface area contributed by atoms with Crippen molar-refractivity contribution >= 4 is 88.1 Å². The largest absolute Gasteiger partial charge is 0.459 e. The van der Waals surface area contributed by atoms with E-state index in [-0.39, 0.29) is 40.1 Å². The summed E-state index contributed by atoms with van der Waals surface area (Å²) in [4.78, 5) is 99.3. The number of hydrogen-bond donors (Lipinski definition) is 2. The molecule has 330 valence electrons. The predicted molar refractivity (Wildman–Crippen MR) is 228 cm³/mol. The molecule has 0 bridgehead atoms. The average Bonchev–Trinajstić information content (AvgIpc) is 3.53. The Kier molecular flexibility index (Phi) is 15.1. The standard InChI is InChI=1S/C44H39Cl4N3O12/c1-22(2)19-27(49-44(59)61-20-24-13-7-4-8-14-24)38(54)50(23(3)52)41-35(51-39(55)29-30(40(51)56)32(46)34(48)33(47)31(29)45)37(63-43(58)26-17-11-6-12-18-26)36(53)28(62-41)21-60-42(57)25-15-9-5-10-16-25/h4-18,22,27-28,35-37,41,53H,19-21H2,1-3H3,(H,49,59)/t27-,28+,35+,36+,37+,41+/m0/s1. The molecule has 15 nitrogen and oxygen atoms in total. The van der Waals surface area contributed by atoms with Crippen molar-refractivity contribution in [1.82, 2.24) is 15.1 Å². The van der Waals surface area contributed by atoms with Gasteiger partial charge in [0.25, 0.3) is 17.7 Å². The maximum absolute atomic E-state index is 14.9. The Hall–Kier alpha value is -5.55. The summed E-state index contributed by atoms with van der Waals surface area (Å²) in [5, 5.41) is 12.9. The molecule has 6 rings (SSSR count). The van der Waals surface area contributed by atoms with E-state index >= 15 is 0 Å². The van der Waals surface area contributed by atoms with Crippen molar-refractivity contribution in [1.29, 1.82) is 0 Å². The third-order valence-electron chi connectivity index (χ3n) is 10.1. The number of nitrogens with one attached hydrogen (secondary N) is 1. The highest BCUT2D eigenvalue weighted by Crippen LogP contribution is 2.46. The molecule has 0 aromatic heterocycles. The molecule has 6 atom stereocenters. The molecule has 0 saturated carbocycles. The molecule has 0 aliphatic carbocycles. The normalized spacial score (nSPS) is 19.8. The molecule has 4 aromatic rings. The van der Waals surface area contributed by atoms with Gasteiger partial charge in [0, 0.05) is 6.92 Å². The minimum atomic E-state index is -2.14. The van der Waals surface area contributed by atoms with Gasteiger partial charge in [0.05, 0.1) is 42.3 Å². The summed E-state index contributed by atoms with van der Waals surface area (Å²) in [6.07, 6.45) is -9.08. The zero-order valence-corrected chi connectivity index (χ0v) is 36.7. The van der Waals surface area contributed by atoms with Crippen LogP contribution < -0.4 is 5.32 Å². The van der Waals surface area contributed by atoms with E-state index in [1.807, 2.05) is 0 Å². The van der Waals surface area contributed by atoms with Gasteiger partial charge in [-0.1, -0.05) is 127 Å². The summed E-state index contributed by atoms with van der Waals surface area (Å²) >= 11 is 25.6. The Morgan fingerprint density at radius 3 is 1.78 bits per heavy atom. The molecule has 1 saturated heterocycles. The average molecular weight is 944 g/mol. The number of carbonyl (C=O) groups is 7. The van der Waals surface area contributed by atoms with Gasteiger partial charge in [-0.15, -0.1) is 0 Å². The second kappa shape index (κ2) is 20.3. The number of esters is 2. The van der Waals surface area contributed by atoms with Gasteiger partial charge >= 0.3 is 18.0 Å². The van der Waals surface area contributed by atoms with Gasteiger partial charge in [0.1, 0.15) is 37.5 Å². The third-order valence-corrected chi connectivity index (χ3v) is 11.9. The van der Waals surface area contributed by atoms with Crippen molar-refractivity contribution in [3.63, 3.8) is 0 Å². The first-order valence-corrected chi connectivity index (χ1v) is 20.9. The Labute approximate surface area is 381 Å².